The molecule has 1 aromatic rings. The summed E-state index contributed by atoms with van der Waals surface area (Å²) in [5.41, 5.74) is -0.525. The molecule has 0 fully saturated rings. The molecule has 0 radical (unpaired) electrons. The molecular weight excluding hydrogens is 216 g/mol. The van der Waals surface area contributed by atoms with Gasteiger partial charge in [0.1, 0.15) is 12.2 Å². The molecule has 0 aliphatic rings. The first-order valence-electron chi connectivity index (χ1n) is 4.75. The second-order valence-corrected chi connectivity index (χ2v) is 4.22. The van der Waals surface area contributed by atoms with Gasteiger partial charge in [0.05, 0.1) is 5.41 Å². The van der Waals surface area contributed by atoms with Gasteiger partial charge in [0.2, 0.25) is 5.91 Å². The van der Waals surface area contributed by atoms with Crippen molar-refractivity contribution < 1.29 is 4.79 Å². The SMILES string of the molecule is CC(C)(CCl)C(=O)NCCc1ncn[nH]1. The molecule has 5 nitrogen and oxygen atoms in total. The summed E-state index contributed by atoms with van der Waals surface area (Å²) in [5.74, 6) is 1.03. The van der Waals surface area contributed by atoms with Crippen molar-refractivity contribution in [1.29, 1.82) is 0 Å². The van der Waals surface area contributed by atoms with Crippen LogP contribution >= 0.6 is 11.6 Å². The average Bonchev–Trinajstić information content (AvgIpc) is 2.70. The molecule has 0 saturated carbocycles. The van der Waals surface area contributed by atoms with Crippen molar-refractivity contribution in [2.75, 3.05) is 12.4 Å². The lowest BCUT2D eigenvalue weighted by molar-refractivity contribution is -0.128. The molecule has 0 spiro atoms. The number of carbonyl (C=O) groups excluding carboxylic acids is 1. The molecule has 1 aromatic heterocycles. The molecule has 0 bridgehead atoms. The molecule has 15 heavy (non-hydrogen) atoms. The average molecular weight is 231 g/mol. The van der Waals surface area contributed by atoms with Crippen molar-refractivity contribution in [3.63, 3.8) is 0 Å². The zero-order chi connectivity index (χ0) is 11.3. The van der Waals surface area contributed by atoms with E-state index in [9.17, 15) is 4.79 Å². The lowest BCUT2D eigenvalue weighted by Gasteiger charge is -2.19. The minimum atomic E-state index is -0.525. The highest BCUT2D eigenvalue weighted by Gasteiger charge is 2.25. The highest BCUT2D eigenvalue weighted by Crippen LogP contribution is 2.16. The molecule has 1 rings (SSSR count). The van der Waals surface area contributed by atoms with Crippen LogP contribution in [0.5, 0.6) is 0 Å². The molecule has 0 aliphatic carbocycles. The second-order valence-electron chi connectivity index (χ2n) is 3.96. The Kier molecular flexibility index (Phi) is 4.08. The van der Waals surface area contributed by atoms with Crippen molar-refractivity contribution in [3.05, 3.63) is 12.2 Å². The van der Waals surface area contributed by atoms with E-state index in [-0.39, 0.29) is 5.91 Å². The third-order valence-corrected chi connectivity index (χ3v) is 2.73. The number of nitrogens with one attached hydrogen (secondary N) is 2. The molecule has 0 unspecified atom stereocenters. The highest BCUT2D eigenvalue weighted by atomic mass is 35.5. The van der Waals surface area contributed by atoms with Gasteiger partial charge < -0.3 is 5.32 Å². The quantitative estimate of drug-likeness (QED) is 0.733. The van der Waals surface area contributed by atoms with E-state index in [2.05, 4.69) is 20.5 Å². The molecule has 2 N–H and O–H groups in total. The topological polar surface area (TPSA) is 70.7 Å². The number of halogens is 1. The maximum atomic E-state index is 11.6. The summed E-state index contributed by atoms with van der Waals surface area (Å²) < 4.78 is 0. The number of hydrogen-bond acceptors (Lipinski definition) is 3. The number of carbonyl (C=O) groups is 1. The van der Waals surface area contributed by atoms with E-state index in [4.69, 9.17) is 11.6 Å². The maximum Gasteiger partial charge on any atom is 0.226 e. The fourth-order valence-corrected chi connectivity index (χ4v) is 1.07. The molecule has 1 amide bonds. The van der Waals surface area contributed by atoms with Crippen molar-refractivity contribution in [2.45, 2.75) is 20.3 Å². The summed E-state index contributed by atoms with van der Waals surface area (Å²) in [5, 5.41) is 9.24. The smallest absolute Gasteiger partial charge is 0.226 e. The molecule has 6 heteroatoms. The molecular formula is C9H15ClN4O. The number of nitrogens with zero attached hydrogens (tertiary/aromatic N) is 2. The molecule has 1 heterocycles. The predicted octanol–water partition coefficient (Wildman–Crippen LogP) is 0.728. The summed E-state index contributed by atoms with van der Waals surface area (Å²) in [6.45, 7) is 4.15. The lowest BCUT2D eigenvalue weighted by Crippen LogP contribution is -2.39. The van der Waals surface area contributed by atoms with E-state index >= 15 is 0 Å². The molecule has 0 aliphatic heterocycles. The summed E-state index contributed by atoms with van der Waals surface area (Å²) in [6.07, 6.45) is 2.09. The van der Waals surface area contributed by atoms with E-state index in [0.717, 1.165) is 5.82 Å². The van der Waals surface area contributed by atoms with Crippen LogP contribution in [0.3, 0.4) is 0 Å². The normalized spacial score (nSPS) is 11.4. The number of amides is 1. The first-order valence-corrected chi connectivity index (χ1v) is 5.28. The third kappa shape index (κ3) is 3.51. The third-order valence-electron chi connectivity index (χ3n) is 2.06. The van der Waals surface area contributed by atoms with Crippen LogP contribution in [-0.4, -0.2) is 33.5 Å². The largest absolute Gasteiger partial charge is 0.355 e. The molecule has 0 aromatic carbocycles. The zero-order valence-electron chi connectivity index (χ0n) is 8.88. The number of hydrogen-bond donors (Lipinski definition) is 2. The van der Waals surface area contributed by atoms with Gasteiger partial charge >= 0.3 is 0 Å². The monoisotopic (exact) mass is 230 g/mol. The Hall–Kier alpha value is -1.10. The van der Waals surface area contributed by atoms with E-state index < -0.39 is 5.41 Å². The number of H-pyrrole nitrogens is 1. The van der Waals surface area contributed by atoms with Gasteiger partial charge in [-0.2, -0.15) is 5.10 Å². The number of rotatable bonds is 5. The van der Waals surface area contributed by atoms with Gasteiger partial charge in [0, 0.05) is 18.8 Å². The minimum absolute atomic E-state index is 0.0444. The number of alkyl halides is 1. The summed E-state index contributed by atoms with van der Waals surface area (Å²) in [7, 11) is 0. The van der Waals surface area contributed by atoms with Gasteiger partial charge in [-0.05, 0) is 13.8 Å². The highest BCUT2D eigenvalue weighted by molar-refractivity contribution is 6.19. The second kappa shape index (κ2) is 5.11. The fraction of sp³-hybridized carbons (Fsp3) is 0.667. The maximum absolute atomic E-state index is 11.6. The van der Waals surface area contributed by atoms with Gasteiger partial charge in [0.15, 0.2) is 0 Å². The van der Waals surface area contributed by atoms with Crippen LogP contribution in [0.25, 0.3) is 0 Å². The Labute approximate surface area is 93.6 Å². The molecule has 0 atom stereocenters. The lowest BCUT2D eigenvalue weighted by atomic mass is 9.95. The summed E-state index contributed by atoms with van der Waals surface area (Å²) in [6, 6.07) is 0. The fourth-order valence-electron chi connectivity index (χ4n) is 0.946. The van der Waals surface area contributed by atoms with E-state index in [1.807, 2.05) is 13.8 Å². The van der Waals surface area contributed by atoms with Crippen LogP contribution in [0, 0.1) is 5.41 Å². The number of aromatic nitrogens is 3. The van der Waals surface area contributed by atoms with Crippen molar-refractivity contribution in [2.24, 2.45) is 5.41 Å². The zero-order valence-corrected chi connectivity index (χ0v) is 9.64. The summed E-state index contributed by atoms with van der Waals surface area (Å²) in [4.78, 5) is 15.5. The molecule has 0 saturated heterocycles. The van der Waals surface area contributed by atoms with Crippen LogP contribution in [0.1, 0.15) is 19.7 Å². The standard InChI is InChI=1S/C9H15ClN4O/c1-9(2,5-10)8(15)11-4-3-7-12-6-13-14-7/h6H,3-5H2,1-2H3,(H,11,15)(H,12,13,14). The Morgan fingerprint density at radius 2 is 2.40 bits per heavy atom. The van der Waals surface area contributed by atoms with Crippen LogP contribution < -0.4 is 5.32 Å². The Morgan fingerprint density at radius 1 is 1.67 bits per heavy atom. The van der Waals surface area contributed by atoms with Crippen molar-refractivity contribution in [1.82, 2.24) is 20.5 Å². The minimum Gasteiger partial charge on any atom is -0.355 e. The van der Waals surface area contributed by atoms with E-state index in [0.29, 0.717) is 18.8 Å². The van der Waals surface area contributed by atoms with Crippen LogP contribution in [0.2, 0.25) is 0 Å². The Balaban J connectivity index is 2.29. The van der Waals surface area contributed by atoms with Gasteiger partial charge in [-0.3, -0.25) is 9.89 Å². The summed E-state index contributed by atoms with van der Waals surface area (Å²) >= 11 is 5.68. The van der Waals surface area contributed by atoms with Crippen LogP contribution in [0.4, 0.5) is 0 Å². The van der Waals surface area contributed by atoms with Crippen LogP contribution in [-0.2, 0) is 11.2 Å². The Bertz CT molecular complexity index is 310. The first kappa shape index (κ1) is 12.0. The predicted molar refractivity (Wildman–Crippen MR) is 57.6 cm³/mol. The van der Waals surface area contributed by atoms with E-state index in [1.165, 1.54) is 6.33 Å². The first-order chi connectivity index (χ1) is 7.06. The molecule has 84 valence electrons. The van der Waals surface area contributed by atoms with Crippen molar-refractivity contribution >= 4 is 17.5 Å². The van der Waals surface area contributed by atoms with Gasteiger partial charge in [0.25, 0.3) is 0 Å². The number of aromatic amines is 1. The van der Waals surface area contributed by atoms with Crippen LogP contribution in [0.15, 0.2) is 6.33 Å². The van der Waals surface area contributed by atoms with Gasteiger partial charge in [-0.15, -0.1) is 11.6 Å². The van der Waals surface area contributed by atoms with Crippen molar-refractivity contribution in [3.8, 4) is 0 Å². The van der Waals surface area contributed by atoms with Gasteiger partial charge in [-0.25, -0.2) is 4.98 Å². The van der Waals surface area contributed by atoms with Gasteiger partial charge in [-0.1, -0.05) is 0 Å². The Morgan fingerprint density at radius 3 is 2.93 bits per heavy atom. The van der Waals surface area contributed by atoms with E-state index in [1.54, 1.807) is 0 Å².